The molecule has 2 aromatic rings. The Morgan fingerprint density at radius 3 is 2.42 bits per heavy atom. The van der Waals surface area contributed by atoms with Crippen molar-refractivity contribution >= 4 is 21.7 Å². The van der Waals surface area contributed by atoms with Crippen molar-refractivity contribution in [3.8, 4) is 0 Å². The number of hydrogen-bond acceptors (Lipinski definition) is 2. The fraction of sp³-hybridized carbons (Fsp3) is 0.133. The van der Waals surface area contributed by atoms with Crippen LogP contribution < -0.4 is 5.73 Å². The van der Waals surface area contributed by atoms with Crippen molar-refractivity contribution in [1.29, 1.82) is 0 Å². The molecule has 98 valence electrons. The second-order valence-corrected chi connectivity index (χ2v) is 5.35. The SMILES string of the molecule is CC(N)(C(=O)c1cccc(Br)c1F)c1ccccc1. The maximum Gasteiger partial charge on any atom is 0.189 e. The number of carbonyl (C=O) groups excluding carboxylic acids is 1. The molecule has 2 aromatic carbocycles. The highest BCUT2D eigenvalue weighted by atomic mass is 79.9. The van der Waals surface area contributed by atoms with Gasteiger partial charge in [0.25, 0.3) is 0 Å². The minimum Gasteiger partial charge on any atom is -0.315 e. The lowest BCUT2D eigenvalue weighted by molar-refractivity contribution is 0.0895. The van der Waals surface area contributed by atoms with Gasteiger partial charge >= 0.3 is 0 Å². The summed E-state index contributed by atoms with van der Waals surface area (Å²) >= 11 is 3.07. The van der Waals surface area contributed by atoms with Crippen LogP contribution in [0.1, 0.15) is 22.8 Å². The fourth-order valence-electron chi connectivity index (χ4n) is 1.87. The van der Waals surface area contributed by atoms with E-state index in [9.17, 15) is 9.18 Å². The molecule has 0 fully saturated rings. The van der Waals surface area contributed by atoms with Crippen LogP contribution in [0.4, 0.5) is 4.39 Å². The van der Waals surface area contributed by atoms with Gasteiger partial charge in [-0.3, -0.25) is 4.79 Å². The van der Waals surface area contributed by atoms with E-state index in [0.717, 1.165) is 0 Å². The molecule has 0 spiro atoms. The summed E-state index contributed by atoms with van der Waals surface area (Å²) in [6.45, 7) is 1.59. The van der Waals surface area contributed by atoms with Crippen LogP contribution in [-0.2, 0) is 5.54 Å². The van der Waals surface area contributed by atoms with Gasteiger partial charge in [-0.1, -0.05) is 36.4 Å². The molecule has 2 N–H and O–H groups in total. The van der Waals surface area contributed by atoms with Gasteiger partial charge in [0.1, 0.15) is 11.4 Å². The molecule has 0 aromatic heterocycles. The molecule has 0 saturated heterocycles. The highest BCUT2D eigenvalue weighted by Crippen LogP contribution is 2.26. The fourth-order valence-corrected chi connectivity index (χ4v) is 2.24. The minimum atomic E-state index is -1.26. The molecule has 1 atom stereocenters. The van der Waals surface area contributed by atoms with Crippen molar-refractivity contribution < 1.29 is 9.18 Å². The molecule has 1 unspecified atom stereocenters. The van der Waals surface area contributed by atoms with Crippen LogP contribution in [0, 0.1) is 5.82 Å². The van der Waals surface area contributed by atoms with Gasteiger partial charge in [-0.05, 0) is 40.5 Å². The Morgan fingerprint density at radius 1 is 1.16 bits per heavy atom. The van der Waals surface area contributed by atoms with Crippen molar-refractivity contribution in [3.63, 3.8) is 0 Å². The Balaban J connectivity index is 2.47. The lowest BCUT2D eigenvalue weighted by Crippen LogP contribution is -2.42. The Hall–Kier alpha value is -1.52. The standard InChI is InChI=1S/C15H13BrFNO/c1-15(18,10-6-3-2-4-7-10)14(19)11-8-5-9-12(16)13(11)17/h2-9H,18H2,1H3. The monoisotopic (exact) mass is 321 g/mol. The second-order valence-electron chi connectivity index (χ2n) is 4.50. The van der Waals surface area contributed by atoms with Crippen molar-refractivity contribution in [1.82, 2.24) is 0 Å². The lowest BCUT2D eigenvalue weighted by Gasteiger charge is -2.24. The van der Waals surface area contributed by atoms with E-state index in [0.29, 0.717) is 5.56 Å². The highest BCUT2D eigenvalue weighted by Gasteiger charge is 2.33. The first-order chi connectivity index (χ1) is 8.94. The first-order valence-electron chi connectivity index (χ1n) is 5.78. The van der Waals surface area contributed by atoms with Crippen LogP contribution in [0.2, 0.25) is 0 Å². The Morgan fingerprint density at radius 2 is 1.79 bits per heavy atom. The largest absolute Gasteiger partial charge is 0.315 e. The summed E-state index contributed by atoms with van der Waals surface area (Å²) in [6, 6.07) is 13.5. The highest BCUT2D eigenvalue weighted by molar-refractivity contribution is 9.10. The molecule has 0 heterocycles. The molecule has 0 radical (unpaired) electrons. The lowest BCUT2D eigenvalue weighted by atomic mass is 9.85. The molecule has 0 aliphatic carbocycles. The number of Topliss-reactive ketones (excluding diaryl/α,β-unsaturated/α-hetero) is 1. The summed E-state index contributed by atoms with van der Waals surface area (Å²) in [5, 5.41) is 0. The quantitative estimate of drug-likeness (QED) is 0.877. The third-order valence-electron chi connectivity index (χ3n) is 3.04. The number of carbonyl (C=O) groups is 1. The zero-order valence-corrected chi connectivity index (χ0v) is 11.9. The molecule has 2 nitrogen and oxygen atoms in total. The molecule has 0 saturated carbocycles. The number of ketones is 1. The summed E-state index contributed by atoms with van der Waals surface area (Å²) in [5.74, 6) is -1.03. The topological polar surface area (TPSA) is 43.1 Å². The van der Waals surface area contributed by atoms with Crippen molar-refractivity contribution in [3.05, 3.63) is 69.9 Å². The molecular weight excluding hydrogens is 309 g/mol. The van der Waals surface area contributed by atoms with E-state index in [1.54, 1.807) is 43.3 Å². The molecule has 0 amide bonds. The van der Waals surface area contributed by atoms with E-state index < -0.39 is 17.1 Å². The van der Waals surface area contributed by atoms with Crippen molar-refractivity contribution in [2.45, 2.75) is 12.5 Å². The molecule has 0 aliphatic heterocycles. The predicted molar refractivity (Wildman–Crippen MR) is 76.4 cm³/mol. The first-order valence-corrected chi connectivity index (χ1v) is 6.57. The first kappa shape index (κ1) is 13.9. The van der Waals surface area contributed by atoms with Crippen LogP contribution in [0.15, 0.2) is 53.0 Å². The Labute approximate surface area is 119 Å². The normalized spacial score (nSPS) is 13.9. The number of hydrogen-bond donors (Lipinski definition) is 1. The molecule has 4 heteroatoms. The van der Waals surface area contributed by atoms with Gasteiger partial charge in [-0.2, -0.15) is 0 Å². The minimum absolute atomic E-state index is 0.0109. The van der Waals surface area contributed by atoms with Crippen LogP contribution in [0.5, 0.6) is 0 Å². The molecule has 19 heavy (non-hydrogen) atoms. The number of nitrogens with two attached hydrogens (primary N) is 1. The van der Waals surface area contributed by atoms with Crippen LogP contribution in [-0.4, -0.2) is 5.78 Å². The maximum absolute atomic E-state index is 14.0. The number of benzene rings is 2. The summed E-state index contributed by atoms with van der Waals surface area (Å²) in [6.07, 6.45) is 0. The van der Waals surface area contributed by atoms with Gasteiger partial charge in [0, 0.05) is 0 Å². The van der Waals surface area contributed by atoms with Crippen molar-refractivity contribution in [2.75, 3.05) is 0 Å². The Bertz CT molecular complexity index is 611. The van der Waals surface area contributed by atoms with Gasteiger partial charge in [0.15, 0.2) is 5.78 Å². The summed E-state index contributed by atoms with van der Waals surface area (Å²) in [5.41, 5.74) is 5.48. The number of halogens is 2. The summed E-state index contributed by atoms with van der Waals surface area (Å²) in [4.78, 5) is 12.5. The summed E-state index contributed by atoms with van der Waals surface area (Å²) < 4.78 is 14.2. The third kappa shape index (κ3) is 2.60. The third-order valence-corrected chi connectivity index (χ3v) is 3.65. The van der Waals surface area contributed by atoms with E-state index >= 15 is 0 Å². The smallest absolute Gasteiger partial charge is 0.189 e. The van der Waals surface area contributed by atoms with Gasteiger partial charge in [0.05, 0.1) is 10.0 Å². The van der Waals surface area contributed by atoms with Gasteiger partial charge in [0.2, 0.25) is 0 Å². The molecule has 0 bridgehead atoms. The maximum atomic E-state index is 14.0. The van der Waals surface area contributed by atoms with Crippen LogP contribution >= 0.6 is 15.9 Å². The van der Waals surface area contributed by atoms with E-state index in [-0.39, 0.29) is 10.0 Å². The molecular formula is C15H13BrFNO. The van der Waals surface area contributed by atoms with Gasteiger partial charge in [-0.25, -0.2) is 4.39 Å². The zero-order chi connectivity index (χ0) is 14.0. The molecule has 2 rings (SSSR count). The predicted octanol–water partition coefficient (Wildman–Crippen LogP) is 3.65. The van der Waals surface area contributed by atoms with E-state index in [4.69, 9.17) is 5.73 Å². The average Bonchev–Trinajstić information content (AvgIpc) is 2.42. The van der Waals surface area contributed by atoms with E-state index in [2.05, 4.69) is 15.9 Å². The van der Waals surface area contributed by atoms with E-state index in [1.807, 2.05) is 6.07 Å². The summed E-state index contributed by atoms with van der Waals surface area (Å²) in [7, 11) is 0. The zero-order valence-electron chi connectivity index (χ0n) is 10.4. The number of rotatable bonds is 3. The van der Waals surface area contributed by atoms with E-state index in [1.165, 1.54) is 6.07 Å². The van der Waals surface area contributed by atoms with Gasteiger partial charge in [-0.15, -0.1) is 0 Å². The average molecular weight is 322 g/mol. The molecule has 0 aliphatic rings. The van der Waals surface area contributed by atoms with Crippen molar-refractivity contribution in [2.24, 2.45) is 5.73 Å². The van der Waals surface area contributed by atoms with Crippen LogP contribution in [0.3, 0.4) is 0 Å². The second kappa shape index (κ2) is 5.23. The van der Waals surface area contributed by atoms with Gasteiger partial charge < -0.3 is 5.73 Å². The van der Waals surface area contributed by atoms with Crippen LogP contribution in [0.25, 0.3) is 0 Å². The Kier molecular flexibility index (Phi) is 3.83.